The molecule has 2 aromatic rings. The Hall–Kier alpha value is -1.26. The molecule has 0 aliphatic carbocycles. The summed E-state index contributed by atoms with van der Waals surface area (Å²) in [5.41, 5.74) is 1.81. The highest BCUT2D eigenvalue weighted by Gasteiger charge is 2.19. The van der Waals surface area contributed by atoms with E-state index in [1.807, 2.05) is 62.4 Å². The van der Waals surface area contributed by atoms with Gasteiger partial charge in [-0.15, -0.1) is 0 Å². The zero-order valence-electron chi connectivity index (χ0n) is 15.1. The van der Waals surface area contributed by atoms with Crippen molar-refractivity contribution in [1.82, 2.24) is 0 Å². The van der Waals surface area contributed by atoms with E-state index in [4.69, 9.17) is 0 Å². The molecule has 0 radical (unpaired) electrons. The van der Waals surface area contributed by atoms with Gasteiger partial charge in [0.2, 0.25) is 0 Å². The number of carbonyl (C=O) groups excluding carboxylic acids is 2. The van der Waals surface area contributed by atoms with E-state index >= 15 is 0 Å². The van der Waals surface area contributed by atoms with Gasteiger partial charge in [-0.25, -0.2) is 0 Å². The number of halogens is 2. The molecule has 2 nitrogen and oxygen atoms in total. The Bertz CT molecular complexity index is 687. The first-order chi connectivity index (χ1) is 11.6. The topological polar surface area (TPSA) is 34.1 Å². The van der Waals surface area contributed by atoms with Crippen LogP contribution in [0.25, 0.3) is 0 Å². The van der Waals surface area contributed by atoms with Gasteiger partial charge in [0.15, 0.2) is 0 Å². The van der Waals surface area contributed by atoms with Crippen LogP contribution >= 0.6 is 31.9 Å². The average molecular weight is 468 g/mol. The molecule has 0 spiro atoms. The Balaban J connectivity index is 0.000000251. The largest absolute Gasteiger partial charge is 0.303 e. The number of aldehydes is 2. The molecule has 0 aliphatic heterocycles. The van der Waals surface area contributed by atoms with Crippen LogP contribution in [0.2, 0.25) is 0 Å². The van der Waals surface area contributed by atoms with Crippen molar-refractivity contribution in [1.29, 1.82) is 0 Å². The van der Waals surface area contributed by atoms with Gasteiger partial charge in [0, 0.05) is 20.8 Å². The van der Waals surface area contributed by atoms with Crippen LogP contribution < -0.4 is 0 Å². The third-order valence-electron chi connectivity index (χ3n) is 4.10. The van der Waals surface area contributed by atoms with Crippen LogP contribution in [0, 0.1) is 0 Å². The minimum Gasteiger partial charge on any atom is -0.303 e. The first-order valence-electron chi connectivity index (χ1n) is 8.04. The van der Waals surface area contributed by atoms with Crippen molar-refractivity contribution in [3.05, 3.63) is 68.6 Å². The molecule has 0 heterocycles. The second-order valence-corrected chi connectivity index (χ2v) is 8.94. The molecular formula is C21H24Br2O2. The first kappa shape index (κ1) is 21.8. The lowest BCUT2D eigenvalue weighted by molar-refractivity contribution is -0.111. The summed E-state index contributed by atoms with van der Waals surface area (Å²) in [6, 6.07) is 15.9. The summed E-state index contributed by atoms with van der Waals surface area (Å²) in [6.07, 6.45) is 2.51. The van der Waals surface area contributed by atoms with Gasteiger partial charge in [-0.3, -0.25) is 0 Å². The molecule has 0 bridgehead atoms. The minimum absolute atomic E-state index is 0.0531. The van der Waals surface area contributed by atoms with Crippen LogP contribution in [0.4, 0.5) is 0 Å². The molecule has 0 aromatic heterocycles. The van der Waals surface area contributed by atoms with E-state index in [0.717, 1.165) is 27.1 Å². The molecule has 0 amide bonds. The van der Waals surface area contributed by atoms with Crippen molar-refractivity contribution in [2.24, 2.45) is 0 Å². The van der Waals surface area contributed by atoms with Gasteiger partial charge in [0.25, 0.3) is 0 Å². The Morgan fingerprint density at radius 1 is 0.760 bits per heavy atom. The maximum atomic E-state index is 10.7. The molecule has 0 saturated heterocycles. The lowest BCUT2D eigenvalue weighted by Gasteiger charge is -2.22. The standard InChI is InChI=1S/C11H13BrO.C10H11BrO/c1-11(2,7-8-13)9-3-5-10(12)6-4-9;1-10(2,7-12)8-3-5-9(11)6-4-8/h3-6,8H,7H2,1-2H3;3-7H,1-2H3. The summed E-state index contributed by atoms with van der Waals surface area (Å²) < 4.78 is 2.10. The molecule has 0 unspecified atom stereocenters. The number of benzene rings is 2. The van der Waals surface area contributed by atoms with Gasteiger partial charge in [-0.05, 0) is 54.7 Å². The zero-order chi connectivity index (χ0) is 19.1. The fourth-order valence-electron chi connectivity index (χ4n) is 2.17. The normalized spacial score (nSPS) is 11.3. The highest BCUT2D eigenvalue weighted by atomic mass is 79.9. The van der Waals surface area contributed by atoms with Crippen molar-refractivity contribution in [3.8, 4) is 0 Å². The summed E-state index contributed by atoms with van der Waals surface area (Å²) in [4.78, 5) is 21.2. The molecule has 2 rings (SSSR count). The molecule has 25 heavy (non-hydrogen) atoms. The van der Waals surface area contributed by atoms with Crippen LogP contribution in [0.1, 0.15) is 45.2 Å². The molecule has 0 atom stereocenters. The van der Waals surface area contributed by atoms with E-state index in [2.05, 4.69) is 45.7 Å². The molecule has 4 heteroatoms. The van der Waals surface area contributed by atoms with Crippen LogP contribution in [0.3, 0.4) is 0 Å². The molecule has 0 N–H and O–H groups in total. The maximum absolute atomic E-state index is 10.7. The molecule has 134 valence electrons. The van der Waals surface area contributed by atoms with E-state index in [1.165, 1.54) is 5.56 Å². The Morgan fingerprint density at radius 2 is 1.16 bits per heavy atom. The lowest BCUT2D eigenvalue weighted by Crippen LogP contribution is -2.18. The summed E-state index contributed by atoms with van der Waals surface area (Å²) in [6.45, 7) is 7.96. The van der Waals surface area contributed by atoms with Crippen molar-refractivity contribution < 1.29 is 9.59 Å². The highest BCUT2D eigenvalue weighted by Crippen LogP contribution is 2.27. The first-order valence-corrected chi connectivity index (χ1v) is 9.63. The Morgan fingerprint density at radius 3 is 1.52 bits per heavy atom. The number of hydrogen-bond donors (Lipinski definition) is 0. The van der Waals surface area contributed by atoms with Gasteiger partial charge in [0.05, 0.1) is 0 Å². The van der Waals surface area contributed by atoms with Crippen LogP contribution in [-0.2, 0) is 20.4 Å². The third-order valence-corrected chi connectivity index (χ3v) is 5.16. The summed E-state index contributed by atoms with van der Waals surface area (Å²) in [5.74, 6) is 0. The SMILES string of the molecule is CC(C)(C=O)c1ccc(Br)cc1.CC(C)(CC=O)c1ccc(Br)cc1. The predicted octanol–water partition coefficient (Wildman–Crippen LogP) is 6.24. The van der Waals surface area contributed by atoms with Gasteiger partial charge in [-0.2, -0.15) is 0 Å². The van der Waals surface area contributed by atoms with Gasteiger partial charge >= 0.3 is 0 Å². The molecule has 0 aliphatic rings. The van der Waals surface area contributed by atoms with Crippen molar-refractivity contribution in [2.45, 2.75) is 44.9 Å². The van der Waals surface area contributed by atoms with E-state index in [-0.39, 0.29) is 10.8 Å². The summed E-state index contributed by atoms with van der Waals surface area (Å²) in [5, 5.41) is 0. The predicted molar refractivity (Wildman–Crippen MR) is 111 cm³/mol. The molecule has 0 saturated carbocycles. The quantitative estimate of drug-likeness (QED) is 0.487. The third kappa shape index (κ3) is 6.87. The van der Waals surface area contributed by atoms with Crippen molar-refractivity contribution in [3.63, 3.8) is 0 Å². The van der Waals surface area contributed by atoms with Crippen molar-refractivity contribution >= 4 is 44.4 Å². The minimum atomic E-state index is -0.374. The van der Waals surface area contributed by atoms with E-state index < -0.39 is 0 Å². The number of rotatable bonds is 5. The molecule has 2 aromatic carbocycles. The van der Waals surface area contributed by atoms with E-state index in [0.29, 0.717) is 6.42 Å². The monoisotopic (exact) mass is 466 g/mol. The smallest absolute Gasteiger partial charge is 0.129 e. The zero-order valence-corrected chi connectivity index (χ0v) is 18.2. The highest BCUT2D eigenvalue weighted by molar-refractivity contribution is 9.10. The second kappa shape index (κ2) is 9.44. The Labute approximate surface area is 167 Å². The summed E-state index contributed by atoms with van der Waals surface area (Å²) >= 11 is 6.73. The lowest BCUT2D eigenvalue weighted by atomic mass is 9.82. The van der Waals surface area contributed by atoms with Crippen LogP contribution in [0.5, 0.6) is 0 Å². The molecular weight excluding hydrogens is 444 g/mol. The van der Waals surface area contributed by atoms with Gasteiger partial charge in [-0.1, -0.05) is 70.0 Å². The van der Waals surface area contributed by atoms with Crippen LogP contribution in [0.15, 0.2) is 57.5 Å². The second-order valence-electron chi connectivity index (χ2n) is 7.11. The van der Waals surface area contributed by atoms with Gasteiger partial charge in [0.1, 0.15) is 12.6 Å². The Kier molecular flexibility index (Phi) is 8.23. The van der Waals surface area contributed by atoms with E-state index in [9.17, 15) is 9.59 Å². The maximum Gasteiger partial charge on any atom is 0.129 e. The number of carbonyl (C=O) groups is 2. The average Bonchev–Trinajstić information content (AvgIpc) is 2.56. The number of hydrogen-bond acceptors (Lipinski definition) is 2. The van der Waals surface area contributed by atoms with Gasteiger partial charge < -0.3 is 9.59 Å². The molecule has 0 fully saturated rings. The summed E-state index contributed by atoms with van der Waals surface area (Å²) in [7, 11) is 0. The van der Waals surface area contributed by atoms with Crippen molar-refractivity contribution in [2.75, 3.05) is 0 Å². The van der Waals surface area contributed by atoms with Crippen LogP contribution in [-0.4, -0.2) is 12.6 Å². The fraction of sp³-hybridized carbons (Fsp3) is 0.333. The van der Waals surface area contributed by atoms with E-state index in [1.54, 1.807) is 0 Å². The fourth-order valence-corrected chi connectivity index (χ4v) is 2.70.